The van der Waals surface area contributed by atoms with E-state index in [0.717, 1.165) is 0 Å². The lowest BCUT2D eigenvalue weighted by Gasteiger charge is -2.51. The summed E-state index contributed by atoms with van der Waals surface area (Å²) >= 11 is 0. The molecule has 26 heavy (non-hydrogen) atoms. The van der Waals surface area contributed by atoms with E-state index >= 15 is 0 Å². The molecule has 5 rings (SSSR count). The van der Waals surface area contributed by atoms with Crippen molar-refractivity contribution in [1.82, 2.24) is 0 Å². The second kappa shape index (κ2) is 4.54. The molecule has 1 aromatic carbocycles. The number of fused-ring (bicyclic) bond motifs is 2. The van der Waals surface area contributed by atoms with Gasteiger partial charge in [-0.25, -0.2) is 0 Å². The third kappa shape index (κ3) is 1.51. The van der Waals surface area contributed by atoms with Crippen LogP contribution in [0.4, 0.5) is 0 Å². The number of benzene rings is 1. The molecule has 7 nitrogen and oxygen atoms in total. The summed E-state index contributed by atoms with van der Waals surface area (Å²) in [5, 5.41) is 43.1. The van der Waals surface area contributed by atoms with Gasteiger partial charge < -0.3 is 25.2 Å². The van der Waals surface area contributed by atoms with Crippen molar-refractivity contribution in [2.75, 3.05) is 0 Å². The summed E-state index contributed by atoms with van der Waals surface area (Å²) in [4.78, 5) is 26.2. The van der Waals surface area contributed by atoms with E-state index in [-0.39, 0.29) is 47.8 Å². The number of Topliss-reactive ketones (excluding diaryl/α,β-unsaturated/α-hetero) is 2. The first kappa shape index (κ1) is 16.4. The Morgan fingerprint density at radius 2 is 1.92 bits per heavy atom. The van der Waals surface area contributed by atoms with Crippen molar-refractivity contribution in [3.63, 3.8) is 0 Å². The van der Waals surface area contributed by atoms with Crippen LogP contribution in [-0.2, 0) is 9.53 Å². The fourth-order valence-corrected chi connectivity index (χ4v) is 5.94. The topological polar surface area (TPSA) is 128 Å². The largest absolute Gasteiger partial charge is 0.508 e. The standard InChI is InChI=1S/C19H20O7/c1-8-5-11(21)14-17(25,6-8)7-12(22)18-16(24)13-9(3-2-4-10(13)20)15(23)19(14,18)26-18/h2-4,8,12,14,16,20,22,24-25H,5-7H2,1H3/t8-,12+,14+,16+,17-,18-,19+/m1/s1. The highest BCUT2D eigenvalue weighted by Crippen LogP contribution is 2.72. The van der Waals surface area contributed by atoms with Gasteiger partial charge in [0.15, 0.2) is 17.0 Å². The highest BCUT2D eigenvalue weighted by atomic mass is 16.7. The molecular formula is C19H20O7. The Bertz CT molecular complexity index is 865. The molecule has 7 heteroatoms. The number of carbonyl (C=O) groups excluding carboxylic acids is 2. The van der Waals surface area contributed by atoms with E-state index in [0.29, 0.717) is 0 Å². The molecule has 7 atom stereocenters. The van der Waals surface area contributed by atoms with E-state index in [4.69, 9.17) is 4.74 Å². The molecule has 1 aromatic rings. The van der Waals surface area contributed by atoms with E-state index in [2.05, 4.69) is 0 Å². The van der Waals surface area contributed by atoms with Crippen molar-refractivity contribution >= 4 is 11.6 Å². The van der Waals surface area contributed by atoms with Crippen LogP contribution in [0.2, 0.25) is 0 Å². The smallest absolute Gasteiger partial charge is 0.199 e. The summed E-state index contributed by atoms with van der Waals surface area (Å²) in [5.74, 6) is -2.33. The molecule has 0 unspecified atom stereocenters. The number of phenols is 1. The van der Waals surface area contributed by atoms with Crippen LogP contribution >= 0.6 is 0 Å². The Kier molecular flexibility index (Phi) is 2.86. The minimum Gasteiger partial charge on any atom is -0.508 e. The van der Waals surface area contributed by atoms with E-state index < -0.39 is 40.7 Å². The summed E-state index contributed by atoms with van der Waals surface area (Å²) in [7, 11) is 0. The number of hydrogen-bond donors (Lipinski definition) is 4. The lowest BCUT2D eigenvalue weighted by molar-refractivity contribution is -0.162. The van der Waals surface area contributed by atoms with Gasteiger partial charge in [0.25, 0.3) is 0 Å². The van der Waals surface area contributed by atoms with Crippen LogP contribution in [0.15, 0.2) is 18.2 Å². The molecule has 3 aliphatic carbocycles. The number of phenolic OH excluding ortho intramolecular Hbond substituents is 1. The molecule has 138 valence electrons. The van der Waals surface area contributed by atoms with Crippen molar-refractivity contribution in [2.45, 2.75) is 55.2 Å². The first-order chi connectivity index (χ1) is 12.2. The number of aliphatic hydroxyl groups is 3. The summed E-state index contributed by atoms with van der Waals surface area (Å²) in [6.45, 7) is 1.84. The molecule has 0 amide bonds. The molecule has 4 aliphatic rings. The second-order valence-corrected chi connectivity index (χ2v) is 8.34. The summed E-state index contributed by atoms with van der Waals surface area (Å²) in [6, 6.07) is 4.28. The van der Waals surface area contributed by atoms with Crippen LogP contribution in [0, 0.1) is 11.8 Å². The maximum absolute atomic E-state index is 13.4. The zero-order valence-electron chi connectivity index (χ0n) is 14.2. The van der Waals surface area contributed by atoms with Gasteiger partial charge in [-0.1, -0.05) is 19.1 Å². The number of carbonyl (C=O) groups is 2. The average Bonchev–Trinajstić information content (AvgIpc) is 3.24. The minimum absolute atomic E-state index is 0.00624. The van der Waals surface area contributed by atoms with Gasteiger partial charge in [0.2, 0.25) is 0 Å². The van der Waals surface area contributed by atoms with Gasteiger partial charge in [0, 0.05) is 24.0 Å². The number of ketones is 2. The third-order valence-electron chi connectivity index (χ3n) is 6.77. The molecule has 0 radical (unpaired) electrons. The number of epoxide rings is 1. The molecule has 1 saturated heterocycles. The number of ether oxygens (including phenoxy) is 1. The summed E-state index contributed by atoms with van der Waals surface area (Å²) < 4.78 is 5.79. The molecule has 0 aromatic heterocycles. The van der Waals surface area contributed by atoms with Gasteiger partial charge in [0.1, 0.15) is 17.6 Å². The monoisotopic (exact) mass is 360 g/mol. The molecular weight excluding hydrogens is 340 g/mol. The minimum atomic E-state index is -1.78. The maximum atomic E-state index is 13.4. The van der Waals surface area contributed by atoms with E-state index in [1.54, 1.807) is 0 Å². The zero-order chi connectivity index (χ0) is 18.6. The molecule has 2 saturated carbocycles. The normalized spacial score (nSPS) is 48.9. The molecule has 4 N–H and O–H groups in total. The Morgan fingerprint density at radius 3 is 2.65 bits per heavy atom. The fourth-order valence-electron chi connectivity index (χ4n) is 5.94. The highest BCUT2D eigenvalue weighted by Gasteiger charge is 2.90. The van der Waals surface area contributed by atoms with Crippen molar-refractivity contribution in [1.29, 1.82) is 0 Å². The van der Waals surface area contributed by atoms with E-state index in [9.17, 15) is 30.0 Å². The van der Waals surface area contributed by atoms with Crippen molar-refractivity contribution < 1.29 is 34.8 Å². The van der Waals surface area contributed by atoms with Crippen LogP contribution in [0.25, 0.3) is 0 Å². The first-order valence-corrected chi connectivity index (χ1v) is 8.87. The second-order valence-electron chi connectivity index (χ2n) is 8.34. The molecule has 1 aliphatic heterocycles. The Morgan fingerprint density at radius 1 is 1.19 bits per heavy atom. The Labute approximate surface area is 149 Å². The van der Waals surface area contributed by atoms with Crippen LogP contribution in [0.1, 0.15) is 48.2 Å². The van der Waals surface area contributed by atoms with Crippen LogP contribution in [0.3, 0.4) is 0 Å². The lowest BCUT2D eigenvalue weighted by atomic mass is 9.51. The van der Waals surface area contributed by atoms with Gasteiger partial charge in [-0.2, -0.15) is 0 Å². The first-order valence-electron chi connectivity index (χ1n) is 8.87. The van der Waals surface area contributed by atoms with E-state index in [1.165, 1.54) is 18.2 Å². The van der Waals surface area contributed by atoms with Crippen molar-refractivity contribution in [3.05, 3.63) is 29.3 Å². The fraction of sp³-hybridized carbons (Fsp3) is 0.579. The number of aromatic hydroxyl groups is 1. The Hall–Kier alpha value is -1.80. The predicted octanol–water partition coefficient (Wildman–Crippen LogP) is 0.241. The number of aliphatic hydroxyl groups excluding tert-OH is 2. The third-order valence-corrected chi connectivity index (χ3v) is 6.77. The molecule has 0 bridgehead atoms. The van der Waals surface area contributed by atoms with E-state index in [1.807, 2.05) is 6.92 Å². The zero-order valence-corrected chi connectivity index (χ0v) is 14.2. The van der Waals surface area contributed by atoms with Gasteiger partial charge in [-0.3, -0.25) is 9.59 Å². The quantitative estimate of drug-likeness (QED) is 0.488. The van der Waals surface area contributed by atoms with Crippen molar-refractivity contribution in [3.8, 4) is 5.75 Å². The molecule has 0 spiro atoms. The molecule has 3 fully saturated rings. The van der Waals surface area contributed by atoms with Crippen LogP contribution in [-0.4, -0.2) is 54.9 Å². The summed E-state index contributed by atoms with van der Waals surface area (Å²) in [6.07, 6.45) is -2.49. The van der Waals surface area contributed by atoms with Gasteiger partial charge in [0.05, 0.1) is 17.6 Å². The van der Waals surface area contributed by atoms with Gasteiger partial charge >= 0.3 is 0 Å². The predicted molar refractivity (Wildman–Crippen MR) is 86.4 cm³/mol. The average molecular weight is 360 g/mol. The SMILES string of the molecule is C[C@@H]1CC(=O)[C@H]2[C@@](O)(C1)C[C@H](O)[C@]13O[C@]21C(=O)c1cccc(O)c1[C@@H]3O. The van der Waals surface area contributed by atoms with Crippen LogP contribution in [0.5, 0.6) is 5.75 Å². The highest BCUT2D eigenvalue weighted by molar-refractivity contribution is 6.12. The molecule has 1 heterocycles. The maximum Gasteiger partial charge on any atom is 0.199 e. The number of hydrogen-bond acceptors (Lipinski definition) is 7. The van der Waals surface area contributed by atoms with Crippen molar-refractivity contribution in [2.24, 2.45) is 11.8 Å². The van der Waals surface area contributed by atoms with Gasteiger partial charge in [-0.15, -0.1) is 0 Å². The lowest BCUT2D eigenvalue weighted by Crippen LogP contribution is -2.68. The number of rotatable bonds is 0. The van der Waals surface area contributed by atoms with Crippen LogP contribution < -0.4 is 0 Å². The summed E-state index contributed by atoms with van der Waals surface area (Å²) in [5.41, 5.74) is -4.97. The van der Waals surface area contributed by atoms with Gasteiger partial charge in [-0.05, 0) is 18.4 Å². The Balaban J connectivity index is 1.76.